The maximum absolute atomic E-state index is 5.89. The Morgan fingerprint density at radius 2 is 2.20 bits per heavy atom. The Labute approximate surface area is 66.2 Å². The van der Waals surface area contributed by atoms with E-state index in [0.717, 1.165) is 12.8 Å². The summed E-state index contributed by atoms with van der Waals surface area (Å²) < 4.78 is 0. The van der Waals surface area contributed by atoms with Crippen LogP contribution in [0.3, 0.4) is 0 Å². The van der Waals surface area contributed by atoms with E-state index >= 15 is 0 Å². The third-order valence-corrected chi connectivity index (χ3v) is 1.96. The number of nitrogens with one attached hydrogen (secondary N) is 1. The van der Waals surface area contributed by atoms with Crippen molar-refractivity contribution in [2.75, 3.05) is 0 Å². The Morgan fingerprint density at radius 1 is 1.50 bits per heavy atom. The standard InChI is InChI=1S/C7H10N2.ClH/c8-7(2-3-7)6-1-4-9-5-6;/h1,4-5,9H,2-3,8H2;1H. The van der Waals surface area contributed by atoms with Crippen LogP contribution in [0.15, 0.2) is 18.5 Å². The number of aromatic nitrogens is 1. The van der Waals surface area contributed by atoms with Crippen molar-refractivity contribution in [3.8, 4) is 0 Å². The molecule has 3 N–H and O–H groups in total. The lowest BCUT2D eigenvalue weighted by Crippen LogP contribution is -2.17. The fourth-order valence-corrected chi connectivity index (χ4v) is 1.06. The minimum absolute atomic E-state index is 0. The number of rotatable bonds is 1. The predicted molar refractivity (Wildman–Crippen MR) is 43.1 cm³/mol. The Balaban J connectivity index is 0.000000500. The zero-order valence-electron chi connectivity index (χ0n) is 5.63. The van der Waals surface area contributed by atoms with E-state index in [1.807, 2.05) is 18.5 Å². The third kappa shape index (κ3) is 1.04. The van der Waals surface area contributed by atoms with E-state index in [4.69, 9.17) is 5.73 Å². The Hall–Kier alpha value is -0.470. The number of hydrogen-bond acceptors (Lipinski definition) is 1. The molecule has 0 unspecified atom stereocenters. The van der Waals surface area contributed by atoms with Gasteiger partial charge in [-0.1, -0.05) is 0 Å². The molecule has 0 atom stereocenters. The monoisotopic (exact) mass is 158 g/mol. The van der Waals surface area contributed by atoms with Gasteiger partial charge < -0.3 is 10.7 Å². The van der Waals surface area contributed by atoms with Crippen molar-refractivity contribution in [2.45, 2.75) is 18.4 Å². The second-order valence-corrected chi connectivity index (χ2v) is 2.76. The highest BCUT2D eigenvalue weighted by Crippen LogP contribution is 2.42. The lowest BCUT2D eigenvalue weighted by Gasteiger charge is -2.02. The first kappa shape index (κ1) is 7.63. The van der Waals surface area contributed by atoms with E-state index in [9.17, 15) is 0 Å². The van der Waals surface area contributed by atoms with Crippen molar-refractivity contribution in [1.82, 2.24) is 4.98 Å². The summed E-state index contributed by atoms with van der Waals surface area (Å²) in [5.74, 6) is 0. The predicted octanol–water partition coefficient (Wildman–Crippen LogP) is 1.38. The molecule has 0 aromatic carbocycles. The van der Waals surface area contributed by atoms with Gasteiger partial charge >= 0.3 is 0 Å². The second kappa shape index (κ2) is 2.29. The summed E-state index contributed by atoms with van der Waals surface area (Å²) in [6.07, 6.45) is 6.19. The van der Waals surface area contributed by atoms with Gasteiger partial charge in [0.25, 0.3) is 0 Å². The minimum atomic E-state index is 0. The van der Waals surface area contributed by atoms with Crippen LogP contribution in [-0.2, 0) is 5.54 Å². The van der Waals surface area contributed by atoms with Crippen molar-refractivity contribution in [2.24, 2.45) is 5.73 Å². The molecule has 0 aliphatic heterocycles. The second-order valence-electron chi connectivity index (χ2n) is 2.76. The van der Waals surface area contributed by atoms with Crippen LogP contribution in [0, 0.1) is 0 Å². The molecule has 2 rings (SSSR count). The molecule has 1 aliphatic carbocycles. The molecule has 0 saturated heterocycles. The molecule has 1 aromatic heterocycles. The van der Waals surface area contributed by atoms with Gasteiger partial charge in [-0.3, -0.25) is 0 Å². The van der Waals surface area contributed by atoms with Crippen molar-refractivity contribution in [3.63, 3.8) is 0 Å². The average Bonchev–Trinajstić information content (AvgIpc) is 2.46. The van der Waals surface area contributed by atoms with Gasteiger partial charge in [0.1, 0.15) is 0 Å². The summed E-state index contributed by atoms with van der Waals surface area (Å²) in [4.78, 5) is 3.00. The fraction of sp³-hybridized carbons (Fsp3) is 0.429. The highest BCUT2D eigenvalue weighted by atomic mass is 35.5. The van der Waals surface area contributed by atoms with Gasteiger partial charge in [0.05, 0.1) is 0 Å². The lowest BCUT2D eigenvalue weighted by atomic mass is 10.1. The number of halogens is 1. The minimum Gasteiger partial charge on any atom is -0.367 e. The van der Waals surface area contributed by atoms with Gasteiger partial charge in [-0.2, -0.15) is 0 Å². The van der Waals surface area contributed by atoms with Gasteiger partial charge in [-0.25, -0.2) is 0 Å². The van der Waals surface area contributed by atoms with Crippen LogP contribution in [0.2, 0.25) is 0 Å². The van der Waals surface area contributed by atoms with Gasteiger partial charge in [-0.05, 0) is 24.5 Å². The molecule has 0 spiro atoms. The number of H-pyrrole nitrogens is 1. The molecule has 1 aliphatic rings. The van der Waals surface area contributed by atoms with Crippen LogP contribution in [0.5, 0.6) is 0 Å². The quantitative estimate of drug-likeness (QED) is 0.637. The van der Waals surface area contributed by atoms with E-state index in [0.29, 0.717) is 0 Å². The topological polar surface area (TPSA) is 41.8 Å². The van der Waals surface area contributed by atoms with E-state index in [2.05, 4.69) is 4.98 Å². The van der Waals surface area contributed by atoms with Crippen LogP contribution in [0.1, 0.15) is 18.4 Å². The molecule has 0 bridgehead atoms. The maximum atomic E-state index is 5.89. The fourth-order valence-electron chi connectivity index (χ4n) is 1.06. The summed E-state index contributed by atoms with van der Waals surface area (Å²) in [6.45, 7) is 0. The molecule has 0 radical (unpaired) electrons. The zero-order valence-corrected chi connectivity index (χ0v) is 6.45. The molecule has 3 heteroatoms. The molecule has 56 valence electrons. The zero-order chi connectivity index (χ0) is 6.32. The van der Waals surface area contributed by atoms with Gasteiger partial charge in [-0.15, -0.1) is 12.4 Å². The normalized spacial score (nSPS) is 19.7. The average molecular weight is 159 g/mol. The molecular formula is C7H11ClN2. The molecule has 1 aromatic rings. The Morgan fingerprint density at radius 3 is 2.60 bits per heavy atom. The molecule has 1 saturated carbocycles. The molecule has 2 nitrogen and oxygen atoms in total. The molecular weight excluding hydrogens is 148 g/mol. The van der Waals surface area contributed by atoms with Crippen molar-refractivity contribution in [1.29, 1.82) is 0 Å². The summed E-state index contributed by atoms with van der Waals surface area (Å²) in [5.41, 5.74) is 7.19. The van der Waals surface area contributed by atoms with E-state index in [1.165, 1.54) is 5.56 Å². The van der Waals surface area contributed by atoms with E-state index < -0.39 is 0 Å². The van der Waals surface area contributed by atoms with Gasteiger partial charge in [0.2, 0.25) is 0 Å². The summed E-state index contributed by atoms with van der Waals surface area (Å²) in [5, 5.41) is 0. The molecule has 0 amide bonds. The van der Waals surface area contributed by atoms with Crippen LogP contribution >= 0.6 is 12.4 Å². The Bertz CT molecular complexity index is 201. The highest BCUT2D eigenvalue weighted by molar-refractivity contribution is 5.85. The van der Waals surface area contributed by atoms with Crippen molar-refractivity contribution < 1.29 is 0 Å². The van der Waals surface area contributed by atoms with Gasteiger partial charge in [0, 0.05) is 17.9 Å². The summed E-state index contributed by atoms with van der Waals surface area (Å²) in [7, 11) is 0. The number of nitrogens with two attached hydrogens (primary N) is 1. The molecule has 1 heterocycles. The summed E-state index contributed by atoms with van der Waals surface area (Å²) >= 11 is 0. The number of hydrogen-bond donors (Lipinski definition) is 2. The van der Waals surface area contributed by atoms with Crippen LogP contribution in [-0.4, -0.2) is 4.98 Å². The lowest BCUT2D eigenvalue weighted by molar-refractivity contribution is 0.741. The maximum Gasteiger partial charge on any atom is 0.0426 e. The van der Waals surface area contributed by atoms with Crippen molar-refractivity contribution in [3.05, 3.63) is 24.0 Å². The van der Waals surface area contributed by atoms with Crippen LogP contribution in [0.4, 0.5) is 0 Å². The molecule has 1 fully saturated rings. The van der Waals surface area contributed by atoms with E-state index in [-0.39, 0.29) is 17.9 Å². The number of aromatic amines is 1. The van der Waals surface area contributed by atoms with E-state index in [1.54, 1.807) is 0 Å². The first-order chi connectivity index (χ1) is 4.31. The Kier molecular flexibility index (Phi) is 1.75. The first-order valence-corrected chi connectivity index (χ1v) is 3.23. The van der Waals surface area contributed by atoms with Crippen molar-refractivity contribution >= 4 is 12.4 Å². The van der Waals surface area contributed by atoms with Crippen LogP contribution in [0.25, 0.3) is 0 Å². The largest absolute Gasteiger partial charge is 0.367 e. The SMILES string of the molecule is Cl.NC1(c2cc[nH]c2)CC1. The molecule has 10 heavy (non-hydrogen) atoms. The van der Waals surface area contributed by atoms with Crippen LogP contribution < -0.4 is 5.73 Å². The smallest absolute Gasteiger partial charge is 0.0426 e. The first-order valence-electron chi connectivity index (χ1n) is 3.23. The van der Waals surface area contributed by atoms with Gasteiger partial charge in [0.15, 0.2) is 0 Å². The third-order valence-electron chi connectivity index (χ3n) is 1.96. The highest BCUT2D eigenvalue weighted by Gasteiger charge is 2.39. The summed E-state index contributed by atoms with van der Waals surface area (Å²) in [6, 6.07) is 2.05.